The van der Waals surface area contributed by atoms with Crippen LogP contribution in [-0.2, 0) is 17.7 Å². The third-order valence-corrected chi connectivity index (χ3v) is 4.72. The van der Waals surface area contributed by atoms with Crippen LogP contribution in [0, 0.1) is 0 Å². The van der Waals surface area contributed by atoms with E-state index in [9.17, 15) is 0 Å². The van der Waals surface area contributed by atoms with Crippen LogP contribution in [0.25, 0.3) is 0 Å². The van der Waals surface area contributed by atoms with Crippen LogP contribution in [0.2, 0.25) is 0 Å². The zero-order valence-electron chi connectivity index (χ0n) is 18.3. The van der Waals surface area contributed by atoms with Gasteiger partial charge in [-0.2, -0.15) is 0 Å². The number of benzene rings is 2. The van der Waals surface area contributed by atoms with Gasteiger partial charge >= 0.3 is 0 Å². The number of aliphatic imine (C=N–C) groups is 1. The molecule has 0 saturated heterocycles. The van der Waals surface area contributed by atoms with Gasteiger partial charge in [0, 0.05) is 70.8 Å². The van der Waals surface area contributed by atoms with Gasteiger partial charge in [-0.1, -0.05) is 36.4 Å². The van der Waals surface area contributed by atoms with Crippen molar-refractivity contribution in [1.29, 1.82) is 0 Å². The van der Waals surface area contributed by atoms with Gasteiger partial charge in [0.1, 0.15) is 11.6 Å². The Labute approximate surface area is 184 Å². The summed E-state index contributed by atoms with van der Waals surface area (Å²) in [6, 6.07) is 18.3. The second-order valence-corrected chi connectivity index (χ2v) is 7.05. The molecule has 7 heteroatoms. The van der Waals surface area contributed by atoms with E-state index >= 15 is 0 Å². The number of nitrogens with one attached hydrogen (secondary N) is 2. The van der Waals surface area contributed by atoms with E-state index in [0.29, 0.717) is 19.2 Å². The van der Waals surface area contributed by atoms with Gasteiger partial charge < -0.3 is 24.7 Å². The summed E-state index contributed by atoms with van der Waals surface area (Å²) >= 11 is 0. The number of aromatic nitrogens is 2. The summed E-state index contributed by atoms with van der Waals surface area (Å²) in [5, 5.41) is 6.67. The quantitative estimate of drug-likeness (QED) is 0.281. The Hall–Kier alpha value is -3.32. The first-order valence-electron chi connectivity index (χ1n) is 10.5. The van der Waals surface area contributed by atoms with Crippen LogP contribution in [-0.4, -0.2) is 49.4 Å². The van der Waals surface area contributed by atoms with Crippen LogP contribution in [0.3, 0.4) is 0 Å². The molecule has 2 N–H and O–H groups in total. The summed E-state index contributed by atoms with van der Waals surface area (Å²) in [6.45, 7) is 2.86. The Morgan fingerprint density at radius 1 is 1.10 bits per heavy atom. The zero-order chi connectivity index (χ0) is 21.7. The van der Waals surface area contributed by atoms with Crippen molar-refractivity contribution in [2.45, 2.75) is 19.4 Å². The van der Waals surface area contributed by atoms with Crippen molar-refractivity contribution in [3.8, 4) is 5.75 Å². The predicted molar refractivity (Wildman–Crippen MR) is 125 cm³/mol. The van der Waals surface area contributed by atoms with Gasteiger partial charge in [-0.05, 0) is 17.7 Å². The molecular weight excluding hydrogens is 390 g/mol. The molecule has 0 spiro atoms. The van der Waals surface area contributed by atoms with Crippen LogP contribution in [0.1, 0.15) is 17.8 Å². The highest BCUT2D eigenvalue weighted by Crippen LogP contribution is 2.17. The predicted octanol–water partition coefficient (Wildman–Crippen LogP) is 3.58. The van der Waals surface area contributed by atoms with E-state index in [0.717, 1.165) is 43.2 Å². The van der Waals surface area contributed by atoms with Gasteiger partial charge in [-0.15, -0.1) is 0 Å². The summed E-state index contributed by atoms with van der Waals surface area (Å²) < 4.78 is 13.0. The average molecular weight is 422 g/mol. The number of ether oxygens (including phenoxy) is 2. The monoisotopic (exact) mass is 421 g/mol. The molecule has 0 amide bonds. The van der Waals surface area contributed by atoms with Gasteiger partial charge in [-0.3, -0.25) is 4.99 Å². The van der Waals surface area contributed by atoms with E-state index in [1.807, 2.05) is 42.7 Å². The van der Waals surface area contributed by atoms with E-state index in [1.54, 1.807) is 14.2 Å². The lowest BCUT2D eigenvalue weighted by molar-refractivity contribution is 0.172. The van der Waals surface area contributed by atoms with Crippen LogP contribution in [0.15, 0.2) is 72.0 Å². The normalized spacial score (nSPS) is 11.4. The molecule has 7 nitrogen and oxygen atoms in total. The molecule has 0 aliphatic heterocycles. The number of imidazole rings is 1. The van der Waals surface area contributed by atoms with Crippen molar-refractivity contribution in [3.05, 3.63) is 78.4 Å². The molecule has 3 rings (SSSR count). The minimum Gasteiger partial charge on any atom is -0.493 e. The van der Waals surface area contributed by atoms with Gasteiger partial charge in [0.2, 0.25) is 0 Å². The lowest BCUT2D eigenvalue weighted by atomic mass is 10.2. The number of nitrogens with zero attached hydrogens (tertiary/aromatic N) is 3. The van der Waals surface area contributed by atoms with Crippen LogP contribution in [0.5, 0.6) is 5.75 Å². The molecule has 0 unspecified atom stereocenters. The average Bonchev–Trinajstić information content (AvgIpc) is 3.24. The fraction of sp³-hybridized carbons (Fsp3) is 0.333. The zero-order valence-corrected chi connectivity index (χ0v) is 18.3. The molecule has 0 atom stereocenters. The Morgan fingerprint density at radius 2 is 1.97 bits per heavy atom. The first kappa shape index (κ1) is 22.4. The molecule has 1 heterocycles. The summed E-state index contributed by atoms with van der Waals surface area (Å²) in [7, 11) is 3.45. The second kappa shape index (κ2) is 12.4. The van der Waals surface area contributed by atoms with Gasteiger partial charge in [-0.25, -0.2) is 4.98 Å². The van der Waals surface area contributed by atoms with Crippen molar-refractivity contribution >= 4 is 11.6 Å². The number of methoxy groups -OCH3 is 1. The van der Waals surface area contributed by atoms with Gasteiger partial charge in [0.05, 0.1) is 6.61 Å². The van der Waals surface area contributed by atoms with Crippen molar-refractivity contribution < 1.29 is 9.47 Å². The highest BCUT2D eigenvalue weighted by Gasteiger charge is 2.06. The van der Waals surface area contributed by atoms with Crippen LogP contribution >= 0.6 is 0 Å². The Morgan fingerprint density at radius 3 is 2.77 bits per heavy atom. The summed E-state index contributed by atoms with van der Waals surface area (Å²) in [5.41, 5.74) is 2.18. The Balaban J connectivity index is 1.48. The molecule has 31 heavy (non-hydrogen) atoms. The van der Waals surface area contributed by atoms with Crippen LogP contribution < -0.4 is 15.4 Å². The lowest BCUT2D eigenvalue weighted by Crippen LogP contribution is -2.32. The van der Waals surface area contributed by atoms with Gasteiger partial charge in [0.15, 0.2) is 5.96 Å². The van der Waals surface area contributed by atoms with E-state index in [1.165, 1.54) is 5.56 Å². The van der Waals surface area contributed by atoms with E-state index in [4.69, 9.17) is 9.47 Å². The molecule has 3 aromatic rings. The molecule has 0 bridgehead atoms. The number of hydrogen-bond donors (Lipinski definition) is 2. The lowest BCUT2D eigenvalue weighted by Gasteiger charge is -2.14. The Kier molecular flexibility index (Phi) is 8.94. The molecule has 0 saturated carbocycles. The second-order valence-electron chi connectivity index (χ2n) is 7.05. The highest BCUT2D eigenvalue weighted by molar-refractivity contribution is 5.93. The molecule has 164 valence electrons. The van der Waals surface area contributed by atoms with Gasteiger partial charge in [0.25, 0.3) is 0 Å². The molecule has 1 aromatic heterocycles. The molecule has 0 aliphatic carbocycles. The van der Waals surface area contributed by atoms with E-state index in [-0.39, 0.29) is 0 Å². The number of rotatable bonds is 11. The topological polar surface area (TPSA) is 72.7 Å². The highest BCUT2D eigenvalue weighted by atomic mass is 16.5. The minimum atomic E-state index is 0.625. The summed E-state index contributed by atoms with van der Waals surface area (Å²) in [4.78, 5) is 8.83. The van der Waals surface area contributed by atoms with E-state index < -0.39 is 0 Å². The third kappa shape index (κ3) is 7.46. The van der Waals surface area contributed by atoms with E-state index in [2.05, 4.69) is 49.4 Å². The smallest absolute Gasteiger partial charge is 0.195 e. The number of guanidine groups is 1. The molecule has 2 aromatic carbocycles. The fourth-order valence-corrected chi connectivity index (χ4v) is 3.16. The molecule has 0 fully saturated rings. The maximum absolute atomic E-state index is 5.76. The Bertz CT molecular complexity index is 940. The first-order valence-corrected chi connectivity index (χ1v) is 10.5. The fourth-order valence-electron chi connectivity index (χ4n) is 3.16. The number of anilines is 1. The summed E-state index contributed by atoms with van der Waals surface area (Å²) in [6.07, 6.45) is 5.53. The van der Waals surface area contributed by atoms with Crippen molar-refractivity contribution in [2.75, 3.05) is 39.2 Å². The first-order chi connectivity index (χ1) is 15.3. The summed E-state index contributed by atoms with van der Waals surface area (Å²) in [5.74, 6) is 2.57. The van der Waals surface area contributed by atoms with Crippen molar-refractivity contribution in [2.24, 2.45) is 4.99 Å². The van der Waals surface area contributed by atoms with Crippen molar-refractivity contribution in [1.82, 2.24) is 14.9 Å². The molecule has 0 radical (unpaired) electrons. The maximum Gasteiger partial charge on any atom is 0.195 e. The number of hydrogen-bond acceptors (Lipinski definition) is 4. The largest absolute Gasteiger partial charge is 0.493 e. The molecular formula is C24H31N5O2. The maximum atomic E-state index is 5.76. The third-order valence-electron chi connectivity index (χ3n) is 4.72. The van der Waals surface area contributed by atoms with Crippen molar-refractivity contribution in [3.63, 3.8) is 0 Å². The molecule has 0 aliphatic rings. The minimum absolute atomic E-state index is 0.625. The SMILES string of the molecule is CN=C(NCCc1nccn1Cc1ccccc1)Nc1cccc(OCCCOC)c1. The standard InChI is InChI=1S/C24H31N5O2/c1-25-24(28-21-10-6-11-22(18-21)31-17-7-16-30-2)27-13-12-23-26-14-15-29(23)19-20-8-4-3-5-9-20/h3-6,8-11,14-15,18H,7,12-13,16-17,19H2,1-2H3,(H2,25,27,28). The van der Waals surface area contributed by atoms with Crippen LogP contribution in [0.4, 0.5) is 5.69 Å².